The topological polar surface area (TPSA) is 92.3 Å². The van der Waals surface area contributed by atoms with Crippen LogP contribution in [-0.4, -0.2) is 24.5 Å². The predicted octanol–water partition coefficient (Wildman–Crippen LogP) is 2.30. The lowest BCUT2D eigenvalue weighted by atomic mass is 9.90. The minimum absolute atomic E-state index is 0.177. The van der Waals surface area contributed by atoms with E-state index in [4.69, 9.17) is 5.73 Å². The van der Waals surface area contributed by atoms with Gasteiger partial charge in [-0.1, -0.05) is 54.6 Å². The Morgan fingerprint density at radius 2 is 1.79 bits per heavy atom. The van der Waals surface area contributed by atoms with E-state index in [0.717, 1.165) is 13.0 Å². The van der Waals surface area contributed by atoms with Crippen molar-refractivity contribution in [3.8, 4) is 0 Å². The van der Waals surface area contributed by atoms with Crippen LogP contribution < -0.4 is 11.3 Å². The van der Waals surface area contributed by atoms with Crippen LogP contribution in [0.25, 0.3) is 5.78 Å². The highest BCUT2D eigenvalue weighted by atomic mass is 16.1. The first-order valence-electron chi connectivity index (χ1n) is 9.27. The summed E-state index contributed by atoms with van der Waals surface area (Å²) in [5.74, 6) is 0.476. The Balaban J connectivity index is 1.53. The summed E-state index contributed by atoms with van der Waals surface area (Å²) in [6, 6.07) is 20.8. The van der Waals surface area contributed by atoms with Gasteiger partial charge in [-0.2, -0.15) is 9.50 Å². The number of H-pyrrole nitrogens is 1. The third-order valence-electron chi connectivity index (χ3n) is 5.30. The second-order valence-corrected chi connectivity index (χ2v) is 7.13. The number of hydrogen-bond acceptors (Lipinski definition) is 5. The number of fused-ring (bicyclic) bond motifs is 2. The summed E-state index contributed by atoms with van der Waals surface area (Å²) in [5.41, 5.74) is 10.1. The molecule has 2 aromatic heterocycles. The van der Waals surface area contributed by atoms with E-state index >= 15 is 0 Å². The molecule has 0 aliphatic carbocycles. The largest absolute Gasteiger partial charge is 0.368 e. The molecule has 7 nitrogen and oxygen atoms in total. The summed E-state index contributed by atoms with van der Waals surface area (Å²) < 4.78 is 1.26. The third kappa shape index (κ3) is 2.95. The van der Waals surface area contributed by atoms with Crippen molar-refractivity contribution in [3.63, 3.8) is 0 Å². The maximum absolute atomic E-state index is 12.4. The van der Waals surface area contributed by atoms with Gasteiger partial charge < -0.3 is 5.73 Å². The van der Waals surface area contributed by atoms with Gasteiger partial charge >= 0.3 is 0 Å². The molecule has 1 aliphatic rings. The molecule has 0 saturated heterocycles. The quantitative estimate of drug-likeness (QED) is 0.576. The van der Waals surface area contributed by atoms with Crippen LogP contribution >= 0.6 is 0 Å². The second kappa shape index (κ2) is 6.61. The highest BCUT2D eigenvalue weighted by Crippen LogP contribution is 2.34. The summed E-state index contributed by atoms with van der Waals surface area (Å²) in [5, 5.41) is 2.70. The second-order valence-electron chi connectivity index (χ2n) is 7.13. The van der Waals surface area contributed by atoms with E-state index in [2.05, 4.69) is 68.5 Å². The molecule has 3 N–H and O–H groups in total. The van der Waals surface area contributed by atoms with E-state index < -0.39 is 0 Å². The lowest BCUT2D eigenvalue weighted by Gasteiger charge is -2.37. The monoisotopic (exact) mass is 372 g/mol. The molecule has 1 aliphatic heterocycles. The molecule has 3 heterocycles. The van der Waals surface area contributed by atoms with E-state index in [1.165, 1.54) is 21.2 Å². The van der Waals surface area contributed by atoms with Crippen molar-refractivity contribution in [1.29, 1.82) is 0 Å². The van der Waals surface area contributed by atoms with Gasteiger partial charge in [-0.25, -0.2) is 4.98 Å². The summed E-state index contributed by atoms with van der Waals surface area (Å²) in [6.45, 7) is 1.37. The van der Waals surface area contributed by atoms with Crippen LogP contribution in [0.1, 0.15) is 28.4 Å². The zero-order chi connectivity index (χ0) is 19.1. The highest BCUT2D eigenvalue weighted by molar-refractivity contribution is 5.35. The lowest BCUT2D eigenvalue weighted by Crippen LogP contribution is -2.34. The molecule has 140 valence electrons. The molecule has 0 fully saturated rings. The van der Waals surface area contributed by atoms with Gasteiger partial charge in [-0.05, 0) is 23.1 Å². The molecule has 0 bridgehead atoms. The summed E-state index contributed by atoms with van der Waals surface area (Å²) in [7, 11) is 0. The van der Waals surface area contributed by atoms with Crippen LogP contribution in [0.15, 0.2) is 65.5 Å². The Kier molecular flexibility index (Phi) is 3.95. The van der Waals surface area contributed by atoms with Gasteiger partial charge in [-0.3, -0.25) is 14.8 Å². The highest BCUT2D eigenvalue weighted by Gasteiger charge is 2.27. The molecule has 1 unspecified atom stereocenters. The fourth-order valence-electron chi connectivity index (χ4n) is 3.98. The van der Waals surface area contributed by atoms with Crippen LogP contribution in [0.5, 0.6) is 0 Å². The third-order valence-corrected chi connectivity index (χ3v) is 5.30. The number of nitrogens with zero attached hydrogens (tertiary/aromatic N) is 4. The molecule has 2 aromatic carbocycles. The van der Waals surface area contributed by atoms with Gasteiger partial charge in [-0.15, -0.1) is 0 Å². The van der Waals surface area contributed by atoms with E-state index in [1.54, 1.807) is 6.07 Å². The van der Waals surface area contributed by atoms with Gasteiger partial charge in [0, 0.05) is 25.2 Å². The van der Waals surface area contributed by atoms with Crippen molar-refractivity contribution < 1.29 is 0 Å². The van der Waals surface area contributed by atoms with Gasteiger partial charge in [0.2, 0.25) is 5.95 Å². The van der Waals surface area contributed by atoms with E-state index in [1.807, 2.05) is 6.07 Å². The Hall–Kier alpha value is -3.45. The number of nitrogens with one attached hydrogen (secondary N) is 1. The molecule has 1 atom stereocenters. The van der Waals surface area contributed by atoms with Crippen LogP contribution in [0.2, 0.25) is 0 Å². The number of benzene rings is 2. The van der Waals surface area contributed by atoms with Crippen molar-refractivity contribution in [1.82, 2.24) is 24.5 Å². The average molecular weight is 372 g/mol. The molecule has 0 radical (unpaired) electrons. The summed E-state index contributed by atoms with van der Waals surface area (Å²) in [4.78, 5) is 23.4. The normalized spacial score (nSPS) is 16.9. The van der Waals surface area contributed by atoms with Crippen molar-refractivity contribution in [2.24, 2.45) is 0 Å². The van der Waals surface area contributed by atoms with E-state index in [9.17, 15) is 4.79 Å². The number of rotatable bonds is 3. The number of nitrogen functional groups attached to an aromatic ring is 1. The van der Waals surface area contributed by atoms with E-state index in [-0.39, 0.29) is 17.5 Å². The van der Waals surface area contributed by atoms with Gasteiger partial charge in [0.1, 0.15) is 0 Å². The van der Waals surface area contributed by atoms with Crippen molar-refractivity contribution in [3.05, 3.63) is 93.4 Å². The first-order valence-corrected chi connectivity index (χ1v) is 9.27. The van der Waals surface area contributed by atoms with Gasteiger partial charge in [0.15, 0.2) is 0 Å². The number of anilines is 1. The molecule has 0 spiro atoms. The Labute approximate surface area is 161 Å². The smallest absolute Gasteiger partial charge is 0.274 e. The van der Waals surface area contributed by atoms with Crippen LogP contribution in [0.3, 0.4) is 0 Å². The predicted molar refractivity (Wildman–Crippen MR) is 107 cm³/mol. The number of hydrogen-bond donors (Lipinski definition) is 2. The fraction of sp³-hybridized carbons (Fsp3) is 0.190. The standard InChI is InChI=1S/C21H20N6O/c22-20-24-21-23-17(11-19(28)27(21)25-20)13-26-12-16-9-5-4-8-15(16)10-18(26)14-6-2-1-3-7-14/h1-9,11,18H,10,12-13H2,(H3,22,23,24,25). The maximum Gasteiger partial charge on any atom is 0.274 e. The van der Waals surface area contributed by atoms with Crippen molar-refractivity contribution >= 4 is 11.7 Å². The maximum atomic E-state index is 12.4. The first kappa shape index (κ1) is 16.7. The van der Waals surface area contributed by atoms with Crippen LogP contribution in [0.4, 0.5) is 5.95 Å². The average Bonchev–Trinajstić information content (AvgIpc) is 3.09. The van der Waals surface area contributed by atoms with Crippen LogP contribution in [-0.2, 0) is 19.5 Å². The van der Waals surface area contributed by atoms with E-state index in [0.29, 0.717) is 18.0 Å². The molecule has 7 heteroatoms. The van der Waals surface area contributed by atoms with Crippen LogP contribution in [0, 0.1) is 0 Å². The van der Waals surface area contributed by atoms with Crippen molar-refractivity contribution in [2.75, 3.05) is 5.73 Å². The molecular formula is C21H20N6O. The molecule has 5 rings (SSSR count). The zero-order valence-corrected chi connectivity index (χ0v) is 15.2. The molecule has 0 amide bonds. The zero-order valence-electron chi connectivity index (χ0n) is 15.2. The Morgan fingerprint density at radius 1 is 1.04 bits per heavy atom. The Morgan fingerprint density at radius 3 is 2.61 bits per heavy atom. The molecular weight excluding hydrogens is 352 g/mol. The molecule has 4 aromatic rings. The summed E-state index contributed by atoms with van der Waals surface area (Å²) in [6.07, 6.45) is 0.927. The minimum Gasteiger partial charge on any atom is -0.368 e. The fourth-order valence-corrected chi connectivity index (χ4v) is 3.98. The SMILES string of the molecule is Nc1nc2nc(CN3Cc4ccccc4CC3c3ccccc3)cc(=O)n2[nH]1. The molecule has 0 saturated carbocycles. The Bertz CT molecular complexity index is 1200. The van der Waals surface area contributed by atoms with Crippen molar-refractivity contribution in [2.45, 2.75) is 25.6 Å². The first-order chi connectivity index (χ1) is 13.7. The summed E-state index contributed by atoms with van der Waals surface area (Å²) >= 11 is 0. The lowest BCUT2D eigenvalue weighted by molar-refractivity contribution is 0.161. The van der Waals surface area contributed by atoms with Gasteiger partial charge in [0.25, 0.3) is 11.3 Å². The molecule has 28 heavy (non-hydrogen) atoms. The number of nitrogens with two attached hydrogens (primary N) is 1. The number of aromatic nitrogens is 4. The number of aromatic amines is 1. The minimum atomic E-state index is -0.210. The van der Waals surface area contributed by atoms with Gasteiger partial charge in [0.05, 0.1) is 5.69 Å².